The van der Waals surface area contributed by atoms with Crippen molar-refractivity contribution in [3.8, 4) is 0 Å². The van der Waals surface area contributed by atoms with Crippen LogP contribution in [0.2, 0.25) is 0 Å². The SMILES string of the molecule is CSc1ccc(NC(=O)NC(C(=O)N2CCN(C(=O)C3CC3)C(C)C2)C(C)C)cc1. The highest BCUT2D eigenvalue weighted by Crippen LogP contribution is 2.32. The summed E-state index contributed by atoms with van der Waals surface area (Å²) < 4.78 is 0. The Balaban J connectivity index is 1.57. The van der Waals surface area contributed by atoms with Crippen molar-refractivity contribution in [1.29, 1.82) is 0 Å². The summed E-state index contributed by atoms with van der Waals surface area (Å²) in [5.74, 6) is 0.264. The molecule has 1 heterocycles. The average Bonchev–Trinajstić information content (AvgIpc) is 3.56. The molecule has 4 amide bonds. The summed E-state index contributed by atoms with van der Waals surface area (Å²) in [5.41, 5.74) is 0.682. The highest BCUT2D eigenvalue weighted by atomic mass is 32.2. The van der Waals surface area contributed by atoms with E-state index >= 15 is 0 Å². The van der Waals surface area contributed by atoms with Gasteiger partial charge in [-0.2, -0.15) is 0 Å². The van der Waals surface area contributed by atoms with E-state index in [1.807, 2.05) is 56.2 Å². The summed E-state index contributed by atoms with van der Waals surface area (Å²) in [6.07, 6.45) is 3.97. The molecule has 2 unspecified atom stereocenters. The van der Waals surface area contributed by atoms with E-state index in [4.69, 9.17) is 0 Å². The van der Waals surface area contributed by atoms with Gasteiger partial charge < -0.3 is 20.4 Å². The molecule has 7 nitrogen and oxygen atoms in total. The van der Waals surface area contributed by atoms with Gasteiger partial charge in [0.1, 0.15) is 6.04 Å². The topological polar surface area (TPSA) is 81.8 Å². The van der Waals surface area contributed by atoms with Crippen molar-refractivity contribution in [2.24, 2.45) is 11.8 Å². The quantitative estimate of drug-likeness (QED) is 0.677. The lowest BCUT2D eigenvalue weighted by Gasteiger charge is -2.41. The molecule has 1 aromatic carbocycles. The number of nitrogens with one attached hydrogen (secondary N) is 2. The highest BCUT2D eigenvalue weighted by molar-refractivity contribution is 7.98. The minimum atomic E-state index is -0.617. The van der Waals surface area contributed by atoms with Crippen molar-refractivity contribution in [2.75, 3.05) is 31.2 Å². The molecule has 1 saturated heterocycles. The molecule has 0 aromatic heterocycles. The van der Waals surface area contributed by atoms with Gasteiger partial charge in [-0.25, -0.2) is 4.79 Å². The first-order chi connectivity index (χ1) is 14.3. The maximum atomic E-state index is 13.2. The first kappa shape index (κ1) is 22.5. The third kappa shape index (κ3) is 5.47. The number of rotatable bonds is 6. The van der Waals surface area contributed by atoms with Crippen molar-refractivity contribution in [1.82, 2.24) is 15.1 Å². The molecule has 2 aliphatic rings. The lowest BCUT2D eigenvalue weighted by atomic mass is 10.0. The summed E-state index contributed by atoms with van der Waals surface area (Å²) in [4.78, 5) is 42.9. The molecule has 164 valence electrons. The third-order valence-electron chi connectivity index (χ3n) is 5.72. The second-order valence-electron chi connectivity index (χ2n) is 8.49. The van der Waals surface area contributed by atoms with E-state index < -0.39 is 12.1 Å². The second-order valence-corrected chi connectivity index (χ2v) is 9.37. The number of anilines is 1. The van der Waals surface area contributed by atoms with Gasteiger partial charge in [-0.1, -0.05) is 13.8 Å². The molecule has 0 spiro atoms. The van der Waals surface area contributed by atoms with Crippen LogP contribution in [0.4, 0.5) is 10.5 Å². The maximum absolute atomic E-state index is 13.2. The number of thioether (sulfide) groups is 1. The molecule has 3 rings (SSSR count). The summed E-state index contributed by atoms with van der Waals surface area (Å²) >= 11 is 1.63. The molecule has 0 bridgehead atoms. The van der Waals surface area contributed by atoms with Crippen LogP contribution in [0, 0.1) is 11.8 Å². The summed E-state index contributed by atoms with van der Waals surface area (Å²) in [6.45, 7) is 7.40. The van der Waals surface area contributed by atoms with Gasteiger partial charge >= 0.3 is 6.03 Å². The molecule has 1 aromatic rings. The minimum Gasteiger partial charge on any atom is -0.337 e. The lowest BCUT2D eigenvalue weighted by Crippen LogP contribution is -2.60. The first-order valence-corrected chi connectivity index (χ1v) is 11.8. The molecule has 2 atom stereocenters. The highest BCUT2D eigenvalue weighted by Gasteiger charge is 2.39. The fourth-order valence-electron chi connectivity index (χ4n) is 3.74. The van der Waals surface area contributed by atoms with Crippen LogP contribution in [-0.4, -0.2) is 65.6 Å². The second kappa shape index (κ2) is 9.73. The number of hydrogen-bond donors (Lipinski definition) is 2. The summed E-state index contributed by atoms with van der Waals surface area (Å²) in [6, 6.07) is 6.55. The Labute approximate surface area is 182 Å². The monoisotopic (exact) mass is 432 g/mol. The predicted molar refractivity (Wildman–Crippen MR) is 119 cm³/mol. The van der Waals surface area contributed by atoms with Crippen molar-refractivity contribution >= 4 is 35.3 Å². The van der Waals surface area contributed by atoms with Gasteiger partial charge in [-0.15, -0.1) is 11.8 Å². The Morgan fingerprint density at radius 1 is 1.10 bits per heavy atom. The Bertz CT molecular complexity index is 779. The van der Waals surface area contributed by atoms with E-state index in [1.165, 1.54) is 0 Å². The van der Waals surface area contributed by atoms with Crippen LogP contribution < -0.4 is 10.6 Å². The smallest absolute Gasteiger partial charge is 0.319 e. The van der Waals surface area contributed by atoms with Gasteiger partial charge in [-0.05, 0) is 56.2 Å². The van der Waals surface area contributed by atoms with Crippen molar-refractivity contribution in [2.45, 2.75) is 50.6 Å². The Kier molecular flexibility index (Phi) is 7.28. The number of piperazine rings is 1. The van der Waals surface area contributed by atoms with Gasteiger partial charge in [0.2, 0.25) is 11.8 Å². The van der Waals surface area contributed by atoms with Gasteiger partial charge in [0, 0.05) is 42.2 Å². The van der Waals surface area contributed by atoms with E-state index in [1.54, 1.807) is 16.7 Å². The zero-order valence-corrected chi connectivity index (χ0v) is 19.0. The zero-order valence-electron chi connectivity index (χ0n) is 18.2. The molecule has 2 fully saturated rings. The summed E-state index contributed by atoms with van der Waals surface area (Å²) in [5, 5.41) is 5.64. The van der Waals surface area contributed by atoms with E-state index in [0.717, 1.165) is 17.7 Å². The zero-order chi connectivity index (χ0) is 21.8. The summed E-state index contributed by atoms with van der Waals surface area (Å²) in [7, 11) is 0. The molecule has 8 heteroatoms. The largest absolute Gasteiger partial charge is 0.337 e. The van der Waals surface area contributed by atoms with Crippen LogP contribution in [0.5, 0.6) is 0 Å². The van der Waals surface area contributed by atoms with E-state index in [-0.39, 0.29) is 29.7 Å². The Hall–Kier alpha value is -2.22. The van der Waals surface area contributed by atoms with Crippen LogP contribution in [0.3, 0.4) is 0 Å². The van der Waals surface area contributed by atoms with Crippen molar-refractivity contribution in [3.05, 3.63) is 24.3 Å². The Morgan fingerprint density at radius 3 is 2.30 bits per heavy atom. The third-order valence-corrected chi connectivity index (χ3v) is 6.46. The molecule has 0 radical (unpaired) electrons. The van der Waals surface area contributed by atoms with Gasteiger partial charge in [0.15, 0.2) is 0 Å². The molecule has 2 N–H and O–H groups in total. The van der Waals surface area contributed by atoms with Gasteiger partial charge in [0.25, 0.3) is 0 Å². The number of nitrogens with zero attached hydrogens (tertiary/aromatic N) is 2. The normalized spacial score (nSPS) is 20.1. The van der Waals surface area contributed by atoms with Crippen molar-refractivity contribution in [3.63, 3.8) is 0 Å². The number of carbonyl (C=O) groups is 3. The number of carbonyl (C=O) groups excluding carboxylic acids is 3. The molecule has 1 saturated carbocycles. The molecule has 1 aliphatic heterocycles. The predicted octanol–water partition coefficient (Wildman–Crippen LogP) is 3.02. The van der Waals surface area contributed by atoms with Gasteiger partial charge in [0.05, 0.1) is 0 Å². The van der Waals surface area contributed by atoms with E-state index in [2.05, 4.69) is 10.6 Å². The van der Waals surface area contributed by atoms with Crippen LogP contribution in [0.1, 0.15) is 33.6 Å². The fraction of sp³-hybridized carbons (Fsp3) is 0.591. The van der Waals surface area contributed by atoms with E-state index in [9.17, 15) is 14.4 Å². The van der Waals surface area contributed by atoms with Crippen LogP contribution in [0.25, 0.3) is 0 Å². The van der Waals surface area contributed by atoms with Crippen LogP contribution in [0.15, 0.2) is 29.2 Å². The van der Waals surface area contributed by atoms with Crippen LogP contribution >= 0.6 is 11.8 Å². The molecule has 1 aliphatic carbocycles. The molecular formula is C22H32N4O3S. The van der Waals surface area contributed by atoms with Crippen molar-refractivity contribution < 1.29 is 14.4 Å². The maximum Gasteiger partial charge on any atom is 0.319 e. The molecular weight excluding hydrogens is 400 g/mol. The minimum absolute atomic E-state index is 0.00705. The first-order valence-electron chi connectivity index (χ1n) is 10.6. The van der Waals surface area contributed by atoms with Gasteiger partial charge in [-0.3, -0.25) is 9.59 Å². The number of urea groups is 1. The molecule has 30 heavy (non-hydrogen) atoms. The lowest BCUT2D eigenvalue weighted by molar-refractivity contribution is -0.144. The number of hydrogen-bond acceptors (Lipinski definition) is 4. The fourth-order valence-corrected chi connectivity index (χ4v) is 4.15. The standard InChI is InChI=1S/C22H32N4O3S/c1-14(2)19(24-22(29)23-17-7-9-18(30-4)10-8-17)21(28)25-11-12-26(15(3)13-25)20(27)16-5-6-16/h7-10,14-16,19H,5-6,11-13H2,1-4H3,(H2,23,24,29). The van der Waals surface area contributed by atoms with E-state index in [0.29, 0.717) is 25.3 Å². The average molecular weight is 433 g/mol. The number of amides is 4. The Morgan fingerprint density at radius 2 is 1.77 bits per heavy atom. The van der Waals surface area contributed by atoms with Crippen LogP contribution in [-0.2, 0) is 9.59 Å². The number of benzene rings is 1.